The first kappa shape index (κ1) is 21.2. The number of hydrogen-bond donors (Lipinski definition) is 0. The lowest BCUT2D eigenvalue weighted by molar-refractivity contribution is -0.363. The molecule has 2 aromatic rings. The fourth-order valence-corrected chi connectivity index (χ4v) is 2.13. The number of para-hydroxylation sites is 2. The van der Waals surface area contributed by atoms with Crippen LogP contribution >= 0.6 is 0 Å². The zero-order valence-corrected chi connectivity index (χ0v) is 15.5. The van der Waals surface area contributed by atoms with Gasteiger partial charge in [-0.25, -0.2) is 9.59 Å². The topological polar surface area (TPSA) is 89.5 Å². The summed E-state index contributed by atoms with van der Waals surface area (Å²) < 4.78 is 10.2. The second-order valence-corrected chi connectivity index (χ2v) is 5.28. The Hall–Kier alpha value is -3.10. The lowest BCUT2D eigenvalue weighted by atomic mass is 10.2. The summed E-state index contributed by atoms with van der Waals surface area (Å²) in [5, 5.41) is 0. The monoisotopic (exact) mass is 388 g/mol. The number of ether oxygens (including phenoxy) is 2. The second-order valence-electron chi connectivity index (χ2n) is 5.28. The van der Waals surface area contributed by atoms with E-state index in [0.29, 0.717) is 17.9 Å². The van der Waals surface area contributed by atoms with E-state index in [1.165, 1.54) is 26.4 Å². The average molecular weight is 388 g/mol. The van der Waals surface area contributed by atoms with Gasteiger partial charge in [-0.2, -0.15) is 0 Å². The Morgan fingerprint density at radius 2 is 1.18 bits per heavy atom. The zero-order valence-electron chi connectivity index (χ0n) is 15.5. The standard InChI is InChI=1S/C20H20O8/c1-4-9-18(25-27-19(21)14-10-5-7-12-16(14)23-2)26-28-20(22)15-11-6-8-13-17(15)24-3/h5-8,10-13H,1,4,9H2,2-3H3. The van der Waals surface area contributed by atoms with Gasteiger partial charge in [0.15, 0.2) is 0 Å². The minimum absolute atomic E-state index is 0.123. The Bertz CT molecular complexity index is 726. The van der Waals surface area contributed by atoms with E-state index >= 15 is 0 Å². The van der Waals surface area contributed by atoms with E-state index in [1.807, 2.05) is 0 Å². The molecule has 0 aliphatic heterocycles. The van der Waals surface area contributed by atoms with E-state index in [9.17, 15) is 9.59 Å². The summed E-state index contributed by atoms with van der Waals surface area (Å²) in [6.07, 6.45) is 0.216. The number of hydrogen-bond acceptors (Lipinski definition) is 8. The van der Waals surface area contributed by atoms with Gasteiger partial charge in [0, 0.05) is 6.42 Å². The van der Waals surface area contributed by atoms with Gasteiger partial charge in [-0.1, -0.05) is 31.2 Å². The van der Waals surface area contributed by atoms with Gasteiger partial charge in [0.05, 0.1) is 14.2 Å². The van der Waals surface area contributed by atoms with Crippen LogP contribution in [0.3, 0.4) is 0 Å². The van der Waals surface area contributed by atoms with Gasteiger partial charge in [-0.3, -0.25) is 9.78 Å². The molecule has 0 aliphatic rings. The van der Waals surface area contributed by atoms with Crippen LogP contribution in [0.25, 0.3) is 0 Å². The van der Waals surface area contributed by atoms with Crippen molar-refractivity contribution in [1.29, 1.82) is 0 Å². The predicted molar refractivity (Wildman–Crippen MR) is 96.8 cm³/mol. The molecule has 0 heterocycles. The number of rotatable bonds is 10. The molecule has 28 heavy (non-hydrogen) atoms. The molecule has 0 fully saturated rings. The summed E-state index contributed by atoms with van der Waals surface area (Å²) in [6, 6.07) is 12.9. The summed E-state index contributed by atoms with van der Waals surface area (Å²) in [6.45, 7) is 3.65. The van der Waals surface area contributed by atoms with Crippen LogP contribution < -0.4 is 9.47 Å². The van der Waals surface area contributed by atoms with Crippen LogP contribution in [0.15, 0.2) is 48.5 Å². The highest BCUT2D eigenvalue weighted by Crippen LogP contribution is 2.22. The highest BCUT2D eigenvalue weighted by atomic mass is 17.3. The molecule has 0 N–H and O–H groups in total. The molecule has 2 aromatic carbocycles. The van der Waals surface area contributed by atoms with Gasteiger partial charge in [0.2, 0.25) is 0 Å². The Kier molecular flexibility index (Phi) is 8.26. The van der Waals surface area contributed by atoms with Crippen molar-refractivity contribution >= 4 is 11.9 Å². The first-order valence-corrected chi connectivity index (χ1v) is 8.29. The van der Waals surface area contributed by atoms with Crippen molar-refractivity contribution < 1.29 is 38.6 Å². The highest BCUT2D eigenvalue weighted by Gasteiger charge is 2.23. The first-order chi connectivity index (χ1) is 13.6. The quantitative estimate of drug-likeness (QED) is 0.450. The minimum atomic E-state index is -0.807. The molecule has 0 saturated heterocycles. The Labute approximate surface area is 162 Å². The van der Waals surface area contributed by atoms with Crippen molar-refractivity contribution in [1.82, 2.24) is 0 Å². The smallest absolute Gasteiger partial charge is 0.376 e. The second kappa shape index (κ2) is 10.9. The average Bonchev–Trinajstić information content (AvgIpc) is 2.75. The molecule has 0 atom stereocenters. The van der Waals surface area contributed by atoms with E-state index in [1.54, 1.807) is 36.4 Å². The maximum Gasteiger partial charge on any atom is 0.376 e. The van der Waals surface area contributed by atoms with Crippen molar-refractivity contribution in [2.24, 2.45) is 0 Å². The number of methoxy groups -OCH3 is 2. The Morgan fingerprint density at radius 1 is 0.750 bits per heavy atom. The molecule has 148 valence electrons. The molecule has 0 aromatic heterocycles. The van der Waals surface area contributed by atoms with Crippen LogP contribution in [0.1, 0.15) is 33.6 Å². The lowest BCUT2D eigenvalue weighted by Crippen LogP contribution is -2.16. The molecular weight excluding hydrogens is 368 g/mol. The Morgan fingerprint density at radius 3 is 1.57 bits per heavy atom. The highest BCUT2D eigenvalue weighted by molar-refractivity contribution is 5.92. The Balaban J connectivity index is 1.94. The summed E-state index contributed by atoms with van der Waals surface area (Å²) in [4.78, 5) is 43.5. The van der Waals surface area contributed by atoms with Crippen molar-refractivity contribution in [3.63, 3.8) is 0 Å². The molecule has 0 bridgehead atoms. The van der Waals surface area contributed by atoms with Crippen molar-refractivity contribution in [3.05, 3.63) is 72.9 Å². The molecule has 0 spiro atoms. The van der Waals surface area contributed by atoms with E-state index in [4.69, 9.17) is 29.0 Å². The number of benzene rings is 2. The van der Waals surface area contributed by atoms with Crippen molar-refractivity contribution in [3.8, 4) is 11.5 Å². The van der Waals surface area contributed by atoms with Crippen LogP contribution in [0.5, 0.6) is 11.5 Å². The van der Waals surface area contributed by atoms with Gasteiger partial charge in [-0.05, 0) is 30.7 Å². The SMILES string of the molecule is [CH2]CC[C](OOC(=O)c1ccccc1OC)OOC(=O)c1ccccc1OC. The first-order valence-electron chi connectivity index (χ1n) is 8.29. The number of carbonyl (C=O) groups excluding carboxylic acids is 2. The summed E-state index contributed by atoms with van der Waals surface area (Å²) in [5.41, 5.74) is 0.315. The molecule has 2 radical (unpaired) electrons. The van der Waals surface area contributed by atoms with Crippen molar-refractivity contribution in [2.75, 3.05) is 14.2 Å². The third-order valence-electron chi connectivity index (χ3n) is 3.46. The van der Waals surface area contributed by atoms with Gasteiger partial charge < -0.3 is 9.47 Å². The summed E-state index contributed by atoms with van der Waals surface area (Å²) in [7, 11) is 2.85. The molecular formula is C20H20O8. The molecule has 0 unspecified atom stereocenters. The molecule has 0 saturated carbocycles. The maximum atomic E-state index is 12.1. The molecule has 2 rings (SSSR count). The molecule has 0 amide bonds. The van der Waals surface area contributed by atoms with E-state index in [-0.39, 0.29) is 23.8 Å². The predicted octanol–water partition coefficient (Wildman–Crippen LogP) is 3.68. The van der Waals surface area contributed by atoms with Crippen LogP contribution in [0.2, 0.25) is 0 Å². The lowest BCUT2D eigenvalue weighted by Gasteiger charge is -2.14. The maximum absolute atomic E-state index is 12.1. The normalized spacial score (nSPS) is 10.4. The van der Waals surface area contributed by atoms with E-state index in [2.05, 4.69) is 6.92 Å². The zero-order chi connectivity index (χ0) is 20.4. The third kappa shape index (κ3) is 5.70. The van der Waals surface area contributed by atoms with Crippen LogP contribution in [-0.4, -0.2) is 26.2 Å². The fraction of sp³-hybridized carbons (Fsp3) is 0.200. The summed E-state index contributed by atoms with van der Waals surface area (Å²) >= 11 is 0. The largest absolute Gasteiger partial charge is 0.496 e. The van der Waals surface area contributed by atoms with Gasteiger partial charge in [-0.15, -0.1) is 9.78 Å². The molecule has 8 heteroatoms. The van der Waals surface area contributed by atoms with E-state index < -0.39 is 11.9 Å². The summed E-state index contributed by atoms with van der Waals surface area (Å²) in [5.74, 6) is -0.978. The fourth-order valence-electron chi connectivity index (χ4n) is 2.13. The minimum Gasteiger partial charge on any atom is -0.496 e. The van der Waals surface area contributed by atoms with E-state index in [0.717, 1.165) is 0 Å². The van der Waals surface area contributed by atoms with Crippen molar-refractivity contribution in [2.45, 2.75) is 12.8 Å². The van der Waals surface area contributed by atoms with Gasteiger partial charge in [0.1, 0.15) is 22.6 Å². The van der Waals surface area contributed by atoms with Crippen LogP contribution in [-0.2, 0) is 19.6 Å². The van der Waals surface area contributed by atoms with Gasteiger partial charge in [0.25, 0.3) is 0 Å². The number of carbonyl (C=O) groups is 2. The van der Waals surface area contributed by atoms with Crippen LogP contribution in [0, 0.1) is 13.2 Å². The van der Waals surface area contributed by atoms with Crippen LogP contribution in [0.4, 0.5) is 0 Å². The van der Waals surface area contributed by atoms with Gasteiger partial charge >= 0.3 is 18.2 Å². The third-order valence-corrected chi connectivity index (χ3v) is 3.46. The molecule has 0 aliphatic carbocycles. The molecule has 8 nitrogen and oxygen atoms in total.